The third-order valence-electron chi connectivity index (χ3n) is 4.51. The van der Waals surface area contributed by atoms with Gasteiger partial charge in [-0.25, -0.2) is 5.48 Å². The van der Waals surface area contributed by atoms with Crippen LogP contribution in [0.4, 0.5) is 0 Å². The van der Waals surface area contributed by atoms with E-state index < -0.39 is 17.9 Å². The minimum absolute atomic E-state index is 0.0992. The number of rotatable bonds is 12. The number of hydrogen-bond donors (Lipinski definition) is 3. The first-order valence-corrected chi connectivity index (χ1v) is 10.8. The lowest BCUT2D eigenvalue weighted by Crippen LogP contribution is -2.42. The van der Waals surface area contributed by atoms with Gasteiger partial charge in [-0.1, -0.05) is 30.3 Å². The Labute approximate surface area is 190 Å². The number of nitrogens with one attached hydrogen (secondary N) is 2. The minimum atomic E-state index is -0.546. The number of ether oxygens (including phenoxy) is 2. The molecule has 0 spiro atoms. The summed E-state index contributed by atoms with van der Waals surface area (Å²) in [6.07, 6.45) is 0.720. The molecule has 0 unspecified atom stereocenters. The van der Waals surface area contributed by atoms with Gasteiger partial charge in [0.05, 0.1) is 12.6 Å². The highest BCUT2D eigenvalue weighted by molar-refractivity contribution is 14.1. The third kappa shape index (κ3) is 8.39. The first-order valence-electron chi connectivity index (χ1n) is 9.73. The number of hydrogen-bond acceptors (Lipinski definition) is 5. The van der Waals surface area contributed by atoms with Gasteiger partial charge in [0, 0.05) is 21.7 Å². The highest BCUT2D eigenvalue weighted by Crippen LogP contribution is 2.16. The second kappa shape index (κ2) is 13.3. The Morgan fingerprint density at radius 2 is 1.77 bits per heavy atom. The van der Waals surface area contributed by atoms with Crippen molar-refractivity contribution < 1.29 is 24.3 Å². The molecule has 2 aromatic carbocycles. The highest BCUT2D eigenvalue weighted by atomic mass is 127. The maximum Gasteiger partial charge on any atom is 0.251 e. The fourth-order valence-corrected chi connectivity index (χ4v) is 3.35. The second-order valence-corrected chi connectivity index (χ2v) is 8.00. The highest BCUT2D eigenvalue weighted by Gasteiger charge is 2.25. The van der Waals surface area contributed by atoms with Crippen molar-refractivity contribution in [2.45, 2.75) is 25.8 Å². The van der Waals surface area contributed by atoms with Crippen LogP contribution < -0.4 is 10.8 Å². The molecule has 7 nitrogen and oxygen atoms in total. The average Bonchev–Trinajstić information content (AvgIpc) is 2.76. The van der Waals surface area contributed by atoms with E-state index in [2.05, 4.69) is 27.9 Å². The molecule has 2 atom stereocenters. The summed E-state index contributed by atoms with van der Waals surface area (Å²) in [6.45, 7) is 2.66. The van der Waals surface area contributed by atoms with Crippen molar-refractivity contribution >= 4 is 34.4 Å². The molecule has 0 bridgehead atoms. The Morgan fingerprint density at radius 3 is 2.40 bits per heavy atom. The molecule has 0 aliphatic carbocycles. The lowest BCUT2D eigenvalue weighted by molar-refractivity contribution is -0.134. The average molecular weight is 526 g/mol. The summed E-state index contributed by atoms with van der Waals surface area (Å²) in [7, 11) is 0. The molecule has 30 heavy (non-hydrogen) atoms. The van der Waals surface area contributed by atoms with E-state index in [1.165, 1.54) is 0 Å². The Bertz CT molecular complexity index is 786. The molecule has 8 heteroatoms. The van der Waals surface area contributed by atoms with Gasteiger partial charge in [-0.3, -0.25) is 14.8 Å². The summed E-state index contributed by atoms with van der Waals surface area (Å²) in [5, 5.41) is 12.1. The van der Waals surface area contributed by atoms with Crippen LogP contribution in [0.15, 0.2) is 54.6 Å². The zero-order valence-corrected chi connectivity index (χ0v) is 19.0. The van der Waals surface area contributed by atoms with E-state index in [0.717, 1.165) is 9.13 Å². The van der Waals surface area contributed by atoms with Crippen LogP contribution in [0.5, 0.6) is 0 Å². The summed E-state index contributed by atoms with van der Waals surface area (Å²) in [4.78, 5) is 25.0. The van der Waals surface area contributed by atoms with Crippen LogP contribution in [0, 0.1) is 9.49 Å². The van der Waals surface area contributed by atoms with E-state index in [-0.39, 0.29) is 19.3 Å². The fraction of sp³-hybridized carbons (Fsp3) is 0.364. The molecule has 0 saturated carbocycles. The SMILES string of the molecule is CCOCOC[C@H](C[C@H](Cc1ccccc1)C(=O)NO)NC(=O)c1ccc(I)cc1. The van der Waals surface area contributed by atoms with Gasteiger partial charge in [0.15, 0.2) is 0 Å². The van der Waals surface area contributed by atoms with Gasteiger partial charge >= 0.3 is 0 Å². The zero-order valence-electron chi connectivity index (χ0n) is 16.8. The topological polar surface area (TPSA) is 96.9 Å². The van der Waals surface area contributed by atoms with Crippen LogP contribution >= 0.6 is 22.6 Å². The predicted molar refractivity (Wildman–Crippen MR) is 121 cm³/mol. The van der Waals surface area contributed by atoms with Crippen LogP contribution in [0.25, 0.3) is 0 Å². The number of halogens is 1. The fourth-order valence-electron chi connectivity index (χ4n) is 2.99. The Kier molecular flexibility index (Phi) is 10.8. The molecule has 0 aromatic heterocycles. The molecule has 2 aromatic rings. The molecule has 2 amide bonds. The molecule has 0 saturated heterocycles. The smallest absolute Gasteiger partial charge is 0.251 e. The summed E-state index contributed by atoms with van der Waals surface area (Å²) in [6, 6.07) is 16.3. The first kappa shape index (κ1) is 24.3. The van der Waals surface area contributed by atoms with E-state index in [0.29, 0.717) is 25.0 Å². The lowest BCUT2D eigenvalue weighted by atomic mass is 9.92. The van der Waals surface area contributed by atoms with Crippen molar-refractivity contribution in [2.24, 2.45) is 5.92 Å². The number of amides is 2. The van der Waals surface area contributed by atoms with Crippen molar-refractivity contribution in [3.63, 3.8) is 0 Å². The monoisotopic (exact) mass is 526 g/mol. The van der Waals surface area contributed by atoms with E-state index in [1.807, 2.05) is 49.4 Å². The normalized spacial score (nSPS) is 12.8. The largest absolute Gasteiger partial charge is 0.356 e. The van der Waals surface area contributed by atoms with Gasteiger partial charge in [-0.15, -0.1) is 0 Å². The summed E-state index contributed by atoms with van der Waals surface area (Å²) in [5.41, 5.74) is 3.23. The third-order valence-corrected chi connectivity index (χ3v) is 5.23. The molecule has 0 fully saturated rings. The molecule has 0 aliphatic heterocycles. The van der Waals surface area contributed by atoms with Crippen LogP contribution in [-0.2, 0) is 20.7 Å². The van der Waals surface area contributed by atoms with Crippen LogP contribution in [-0.4, -0.2) is 43.1 Å². The van der Waals surface area contributed by atoms with E-state index in [9.17, 15) is 14.8 Å². The molecule has 0 heterocycles. The van der Waals surface area contributed by atoms with Crippen molar-refractivity contribution in [1.82, 2.24) is 10.8 Å². The Morgan fingerprint density at radius 1 is 1.07 bits per heavy atom. The molecule has 0 aliphatic rings. The van der Waals surface area contributed by atoms with Gasteiger partial charge in [-0.05, 0) is 72.2 Å². The van der Waals surface area contributed by atoms with Crippen LogP contribution in [0.2, 0.25) is 0 Å². The van der Waals surface area contributed by atoms with Crippen molar-refractivity contribution in [3.05, 3.63) is 69.3 Å². The van der Waals surface area contributed by atoms with Gasteiger partial charge in [0.1, 0.15) is 6.79 Å². The number of carbonyl (C=O) groups excluding carboxylic acids is 2. The summed E-state index contributed by atoms with van der Waals surface area (Å²) < 4.78 is 11.8. The van der Waals surface area contributed by atoms with Crippen LogP contribution in [0.3, 0.4) is 0 Å². The van der Waals surface area contributed by atoms with Gasteiger partial charge in [0.25, 0.3) is 5.91 Å². The van der Waals surface area contributed by atoms with Gasteiger partial charge in [0.2, 0.25) is 5.91 Å². The quantitative estimate of drug-likeness (QED) is 0.130. The molecule has 2 rings (SSSR count). The molecule has 3 N–H and O–H groups in total. The Hall–Kier alpha value is -2.01. The van der Waals surface area contributed by atoms with Crippen molar-refractivity contribution in [3.8, 4) is 0 Å². The van der Waals surface area contributed by atoms with E-state index in [4.69, 9.17) is 9.47 Å². The second-order valence-electron chi connectivity index (χ2n) is 6.76. The minimum Gasteiger partial charge on any atom is -0.356 e. The maximum atomic E-state index is 12.7. The van der Waals surface area contributed by atoms with Gasteiger partial charge < -0.3 is 14.8 Å². The standard InChI is InChI=1S/C22H27IN2O5/c1-2-29-15-30-14-20(24-21(26)17-8-10-19(23)11-9-17)13-18(22(27)25-28)12-16-6-4-3-5-7-16/h3-11,18,20,28H,2,12-15H2,1H3,(H,24,26)(H,25,27)/t18-,20-/m0/s1. The van der Waals surface area contributed by atoms with Gasteiger partial charge in [-0.2, -0.15) is 0 Å². The maximum absolute atomic E-state index is 12.7. The zero-order chi connectivity index (χ0) is 21.8. The molecule has 0 radical (unpaired) electrons. The predicted octanol–water partition coefficient (Wildman–Crippen LogP) is 3.15. The van der Waals surface area contributed by atoms with Crippen LogP contribution in [0.1, 0.15) is 29.3 Å². The van der Waals surface area contributed by atoms with E-state index >= 15 is 0 Å². The lowest BCUT2D eigenvalue weighted by Gasteiger charge is -2.24. The molecule has 162 valence electrons. The summed E-state index contributed by atoms with van der Waals surface area (Å²) >= 11 is 2.18. The summed E-state index contributed by atoms with van der Waals surface area (Å²) in [5.74, 6) is -1.30. The molecular weight excluding hydrogens is 499 g/mol. The van der Waals surface area contributed by atoms with E-state index in [1.54, 1.807) is 17.6 Å². The number of benzene rings is 2. The van der Waals surface area contributed by atoms with Crippen molar-refractivity contribution in [1.29, 1.82) is 0 Å². The van der Waals surface area contributed by atoms with Crippen molar-refractivity contribution in [2.75, 3.05) is 20.0 Å². The Balaban J connectivity index is 2.10. The number of carbonyl (C=O) groups is 2. The first-order chi connectivity index (χ1) is 14.5. The number of hydroxylamine groups is 1. The molecular formula is C22H27IN2O5.